The van der Waals surface area contributed by atoms with Crippen LogP contribution in [0.1, 0.15) is 35.1 Å². The Morgan fingerprint density at radius 1 is 1.48 bits per heavy atom. The molecule has 25 heavy (non-hydrogen) atoms. The fraction of sp³-hybridized carbons (Fsp3) is 0.562. The summed E-state index contributed by atoms with van der Waals surface area (Å²) in [6.07, 6.45) is 2.03. The van der Waals surface area contributed by atoms with Gasteiger partial charge in [-0.05, 0) is 39.3 Å². The number of aromatic nitrogens is 2. The number of nitrogens with one attached hydrogen (secondary N) is 3. The molecule has 3 heterocycles. The highest BCUT2D eigenvalue weighted by Gasteiger charge is 2.22. The van der Waals surface area contributed by atoms with Gasteiger partial charge in [0.2, 0.25) is 5.91 Å². The molecule has 0 spiro atoms. The van der Waals surface area contributed by atoms with E-state index in [9.17, 15) is 9.59 Å². The number of halogens is 1. The number of amides is 2. The molecule has 7 nitrogen and oxygen atoms in total. The van der Waals surface area contributed by atoms with Gasteiger partial charge in [0.25, 0.3) is 5.91 Å². The van der Waals surface area contributed by atoms with Crippen molar-refractivity contribution in [3.05, 3.63) is 16.6 Å². The normalized spacial score (nSPS) is 18.4. The first-order chi connectivity index (χ1) is 11.5. The van der Waals surface area contributed by atoms with Crippen LogP contribution in [0.25, 0.3) is 10.2 Å². The molecular weight excluding hydrogens is 362 g/mol. The Labute approximate surface area is 156 Å². The molecule has 1 aliphatic rings. The number of carbonyl (C=O) groups excluding carboxylic acids is 2. The predicted molar refractivity (Wildman–Crippen MR) is 102 cm³/mol. The molecule has 3 rings (SSSR count). The van der Waals surface area contributed by atoms with Crippen molar-refractivity contribution in [2.75, 3.05) is 13.1 Å². The Morgan fingerprint density at radius 3 is 2.88 bits per heavy atom. The Morgan fingerprint density at radius 2 is 2.24 bits per heavy atom. The van der Waals surface area contributed by atoms with Gasteiger partial charge in [-0.3, -0.25) is 14.3 Å². The second-order valence-corrected chi connectivity index (χ2v) is 7.32. The van der Waals surface area contributed by atoms with Crippen LogP contribution in [0.5, 0.6) is 0 Å². The van der Waals surface area contributed by atoms with E-state index in [0.29, 0.717) is 4.88 Å². The number of rotatable bonds is 4. The van der Waals surface area contributed by atoms with E-state index in [0.717, 1.165) is 41.8 Å². The summed E-state index contributed by atoms with van der Waals surface area (Å²) in [5.41, 5.74) is 0.901. The van der Waals surface area contributed by atoms with Gasteiger partial charge in [0.15, 0.2) is 0 Å². The second-order valence-electron chi connectivity index (χ2n) is 6.29. The number of aryl methyl sites for hydroxylation is 2. The third-order valence-corrected chi connectivity index (χ3v) is 5.50. The van der Waals surface area contributed by atoms with Gasteiger partial charge in [-0.2, -0.15) is 5.10 Å². The number of hydrogen-bond acceptors (Lipinski definition) is 5. The minimum absolute atomic E-state index is 0. The molecule has 2 amide bonds. The van der Waals surface area contributed by atoms with Crippen LogP contribution in [0.4, 0.5) is 0 Å². The van der Waals surface area contributed by atoms with Gasteiger partial charge in [0.1, 0.15) is 10.9 Å². The van der Waals surface area contributed by atoms with E-state index in [4.69, 9.17) is 0 Å². The van der Waals surface area contributed by atoms with E-state index in [-0.39, 0.29) is 30.3 Å². The lowest BCUT2D eigenvalue weighted by Gasteiger charge is -2.25. The van der Waals surface area contributed by atoms with Crippen molar-refractivity contribution in [3.63, 3.8) is 0 Å². The van der Waals surface area contributed by atoms with Gasteiger partial charge in [-0.1, -0.05) is 0 Å². The monoisotopic (exact) mass is 385 g/mol. The van der Waals surface area contributed by atoms with Crippen molar-refractivity contribution in [2.45, 2.75) is 38.8 Å². The summed E-state index contributed by atoms with van der Waals surface area (Å²) in [5.74, 6) is -0.365. The first-order valence-electron chi connectivity index (χ1n) is 8.21. The highest BCUT2D eigenvalue weighted by molar-refractivity contribution is 7.20. The number of thiophene rings is 1. The average molecular weight is 386 g/mol. The van der Waals surface area contributed by atoms with Crippen molar-refractivity contribution in [2.24, 2.45) is 7.05 Å². The third-order valence-electron chi connectivity index (χ3n) is 4.30. The van der Waals surface area contributed by atoms with E-state index >= 15 is 0 Å². The van der Waals surface area contributed by atoms with Crippen LogP contribution < -0.4 is 16.0 Å². The molecular formula is C16H24ClN5O2S. The highest BCUT2D eigenvalue weighted by Crippen LogP contribution is 2.27. The minimum Gasteiger partial charge on any atom is -0.350 e. The number of hydrogen-bond donors (Lipinski definition) is 3. The minimum atomic E-state index is -0.566. The molecule has 0 aromatic carbocycles. The Kier molecular flexibility index (Phi) is 6.42. The van der Waals surface area contributed by atoms with Crippen LogP contribution in [0, 0.1) is 6.92 Å². The van der Waals surface area contributed by atoms with Crippen molar-refractivity contribution in [1.29, 1.82) is 0 Å². The second kappa shape index (κ2) is 8.16. The molecule has 2 unspecified atom stereocenters. The molecule has 0 radical (unpaired) electrons. The highest BCUT2D eigenvalue weighted by atomic mass is 35.5. The van der Waals surface area contributed by atoms with Gasteiger partial charge < -0.3 is 16.0 Å². The summed E-state index contributed by atoms with van der Waals surface area (Å²) in [6.45, 7) is 5.42. The zero-order chi connectivity index (χ0) is 17.3. The molecule has 1 aliphatic heterocycles. The quantitative estimate of drug-likeness (QED) is 0.741. The van der Waals surface area contributed by atoms with Crippen LogP contribution in [0.15, 0.2) is 6.07 Å². The van der Waals surface area contributed by atoms with Gasteiger partial charge in [0.05, 0.1) is 10.6 Å². The molecule has 1 saturated heterocycles. The van der Waals surface area contributed by atoms with Crippen molar-refractivity contribution in [3.8, 4) is 0 Å². The molecule has 3 N–H and O–H groups in total. The lowest BCUT2D eigenvalue weighted by molar-refractivity contribution is -0.123. The van der Waals surface area contributed by atoms with Crippen LogP contribution >= 0.6 is 23.7 Å². The molecule has 0 bridgehead atoms. The maximum atomic E-state index is 12.4. The Bertz CT molecular complexity index is 731. The maximum Gasteiger partial charge on any atom is 0.262 e. The van der Waals surface area contributed by atoms with Crippen LogP contribution in [0.2, 0.25) is 0 Å². The number of fused-ring (bicyclic) bond motifs is 1. The fourth-order valence-corrected chi connectivity index (χ4v) is 3.98. The topological polar surface area (TPSA) is 88.0 Å². The van der Waals surface area contributed by atoms with Crippen molar-refractivity contribution < 1.29 is 9.59 Å². The lowest BCUT2D eigenvalue weighted by Crippen LogP contribution is -2.52. The molecule has 0 aliphatic carbocycles. The smallest absolute Gasteiger partial charge is 0.262 e. The number of carbonyl (C=O) groups is 2. The van der Waals surface area contributed by atoms with Crippen LogP contribution in [-0.2, 0) is 11.8 Å². The zero-order valence-corrected chi connectivity index (χ0v) is 16.2. The third kappa shape index (κ3) is 4.31. The van der Waals surface area contributed by atoms with E-state index in [2.05, 4.69) is 21.0 Å². The van der Waals surface area contributed by atoms with E-state index < -0.39 is 6.04 Å². The number of piperidine rings is 1. The van der Waals surface area contributed by atoms with Crippen LogP contribution in [0.3, 0.4) is 0 Å². The molecule has 9 heteroatoms. The predicted octanol–water partition coefficient (Wildman–Crippen LogP) is 1.35. The fourth-order valence-electron chi connectivity index (χ4n) is 2.95. The molecule has 2 atom stereocenters. The van der Waals surface area contributed by atoms with Gasteiger partial charge in [-0.15, -0.1) is 23.7 Å². The summed E-state index contributed by atoms with van der Waals surface area (Å²) in [4.78, 5) is 26.2. The Balaban J connectivity index is 0.00000225. The summed E-state index contributed by atoms with van der Waals surface area (Å²) in [7, 11) is 1.86. The average Bonchev–Trinajstić information content (AvgIpc) is 3.10. The van der Waals surface area contributed by atoms with E-state index in [1.807, 2.05) is 20.0 Å². The summed E-state index contributed by atoms with van der Waals surface area (Å²) in [6, 6.07) is 1.42. The van der Waals surface area contributed by atoms with E-state index in [1.165, 1.54) is 11.3 Å². The number of nitrogens with zero attached hydrogens (tertiary/aromatic N) is 2. The maximum absolute atomic E-state index is 12.4. The van der Waals surface area contributed by atoms with Gasteiger partial charge >= 0.3 is 0 Å². The summed E-state index contributed by atoms with van der Waals surface area (Å²) in [5, 5.41) is 14.3. The molecule has 2 aromatic rings. The first-order valence-corrected chi connectivity index (χ1v) is 9.02. The van der Waals surface area contributed by atoms with Crippen LogP contribution in [-0.4, -0.2) is 46.8 Å². The molecule has 1 fully saturated rings. The first kappa shape index (κ1) is 19.7. The largest absolute Gasteiger partial charge is 0.350 e. The lowest BCUT2D eigenvalue weighted by atomic mass is 10.1. The van der Waals surface area contributed by atoms with Gasteiger partial charge in [0, 0.05) is 25.0 Å². The molecule has 2 aromatic heterocycles. The molecule has 0 saturated carbocycles. The standard InChI is InChI=1S/C16H23N5O2S.ClH/c1-9-12-7-13(24-16(12)21(3)20-9)15(23)18-10(2)14(22)19-11-5-4-6-17-8-11;/h7,10-11,17H,4-6,8H2,1-3H3,(H,18,23)(H,19,22);1H. The van der Waals surface area contributed by atoms with Crippen molar-refractivity contribution in [1.82, 2.24) is 25.7 Å². The molecule has 138 valence electrons. The zero-order valence-electron chi connectivity index (χ0n) is 14.6. The Hall–Kier alpha value is -1.64. The summed E-state index contributed by atoms with van der Waals surface area (Å²) < 4.78 is 1.78. The van der Waals surface area contributed by atoms with Crippen molar-refractivity contribution >= 4 is 45.8 Å². The van der Waals surface area contributed by atoms with Gasteiger partial charge in [-0.25, -0.2) is 0 Å². The SMILES string of the molecule is Cc1nn(C)c2sc(C(=O)NC(C)C(=O)NC3CCCNC3)cc12.Cl. The summed E-state index contributed by atoms with van der Waals surface area (Å²) >= 11 is 1.39. The van der Waals surface area contributed by atoms with E-state index in [1.54, 1.807) is 11.6 Å².